The van der Waals surface area contributed by atoms with E-state index in [-0.39, 0.29) is 6.04 Å². The van der Waals surface area contributed by atoms with Gasteiger partial charge in [0, 0.05) is 6.04 Å². The molecule has 0 saturated heterocycles. The van der Waals surface area contributed by atoms with Crippen LogP contribution in [0, 0.1) is 0 Å². The van der Waals surface area contributed by atoms with Gasteiger partial charge in [0.2, 0.25) is 0 Å². The Morgan fingerprint density at radius 1 is 0.963 bits per heavy atom. The molecule has 3 rings (SSSR count). The number of hydrogen-bond acceptors (Lipinski definition) is 1. The molecule has 3 aromatic rings. The largest absolute Gasteiger partial charge is 0.416 e. The first kappa shape index (κ1) is 19.7. The fourth-order valence-corrected chi connectivity index (χ4v) is 3.49. The van der Waals surface area contributed by atoms with Crippen molar-refractivity contribution in [3.05, 3.63) is 83.4 Å². The number of rotatable bonds is 6. The van der Waals surface area contributed by atoms with Crippen LogP contribution in [0.15, 0.2) is 66.7 Å². The maximum Gasteiger partial charge on any atom is 0.416 e. The van der Waals surface area contributed by atoms with Crippen molar-refractivity contribution in [2.45, 2.75) is 30.9 Å². The van der Waals surface area contributed by atoms with Crippen molar-refractivity contribution in [2.24, 2.45) is 0 Å². The first-order valence-electron chi connectivity index (χ1n) is 8.88. The van der Waals surface area contributed by atoms with E-state index in [2.05, 4.69) is 36.5 Å². The Balaban J connectivity index is 1.62. The van der Waals surface area contributed by atoms with Gasteiger partial charge in [-0.15, -0.1) is 11.6 Å². The van der Waals surface area contributed by atoms with Crippen molar-refractivity contribution >= 4 is 22.4 Å². The van der Waals surface area contributed by atoms with Gasteiger partial charge in [-0.1, -0.05) is 60.7 Å². The molecular weight excluding hydrogens is 371 g/mol. The maximum absolute atomic E-state index is 12.8. The lowest BCUT2D eigenvalue weighted by Gasteiger charge is -2.18. The summed E-state index contributed by atoms with van der Waals surface area (Å²) in [6, 6.07) is 19.7. The first-order chi connectivity index (χ1) is 12.9. The van der Waals surface area contributed by atoms with Crippen LogP contribution in [0.1, 0.15) is 41.5 Å². The summed E-state index contributed by atoms with van der Waals surface area (Å²) < 4.78 is 38.5. The molecule has 27 heavy (non-hydrogen) atoms. The molecule has 0 aliphatic carbocycles. The van der Waals surface area contributed by atoms with Crippen molar-refractivity contribution in [3.63, 3.8) is 0 Å². The monoisotopic (exact) mass is 391 g/mol. The molecule has 0 amide bonds. The highest BCUT2D eigenvalue weighted by Gasteiger charge is 2.30. The predicted octanol–water partition coefficient (Wildman–Crippen LogP) is 6.88. The van der Waals surface area contributed by atoms with Crippen LogP contribution in [0.2, 0.25) is 0 Å². The highest BCUT2D eigenvalue weighted by Crippen LogP contribution is 2.33. The minimum absolute atomic E-state index is 0.112. The van der Waals surface area contributed by atoms with E-state index in [9.17, 15) is 13.2 Å². The molecule has 0 fully saturated rings. The number of alkyl halides is 4. The zero-order chi connectivity index (χ0) is 19.4. The molecule has 142 valence electrons. The first-order valence-corrected chi connectivity index (χ1v) is 9.32. The highest BCUT2D eigenvalue weighted by molar-refractivity contribution is 6.20. The van der Waals surface area contributed by atoms with E-state index in [1.165, 1.54) is 22.4 Å². The second-order valence-electron chi connectivity index (χ2n) is 6.62. The predicted molar refractivity (Wildman–Crippen MR) is 105 cm³/mol. The molecule has 1 unspecified atom stereocenters. The zero-order valence-corrected chi connectivity index (χ0v) is 15.7. The summed E-state index contributed by atoms with van der Waals surface area (Å²) in [7, 11) is 0. The van der Waals surface area contributed by atoms with Crippen molar-refractivity contribution in [1.82, 2.24) is 5.32 Å². The third-order valence-corrected chi connectivity index (χ3v) is 5.18. The molecule has 0 heterocycles. The molecule has 0 aromatic heterocycles. The van der Waals surface area contributed by atoms with Gasteiger partial charge in [0.15, 0.2) is 0 Å². The average molecular weight is 392 g/mol. The molecule has 5 heteroatoms. The van der Waals surface area contributed by atoms with Crippen LogP contribution in [0.3, 0.4) is 0 Å². The van der Waals surface area contributed by atoms with Crippen molar-refractivity contribution in [3.8, 4) is 0 Å². The lowest BCUT2D eigenvalue weighted by molar-refractivity contribution is -0.137. The molecule has 3 aromatic carbocycles. The molecule has 1 N–H and O–H groups in total. The molecule has 0 radical (unpaired) electrons. The Bertz CT molecular complexity index is 902. The van der Waals surface area contributed by atoms with Gasteiger partial charge in [0.1, 0.15) is 0 Å². The normalized spacial score (nSPS) is 14.3. The minimum Gasteiger partial charge on any atom is -0.310 e. The van der Waals surface area contributed by atoms with Crippen molar-refractivity contribution < 1.29 is 13.2 Å². The van der Waals surface area contributed by atoms with E-state index >= 15 is 0 Å². The van der Waals surface area contributed by atoms with Crippen LogP contribution < -0.4 is 5.32 Å². The molecule has 0 spiro atoms. The summed E-state index contributed by atoms with van der Waals surface area (Å²) in [6.07, 6.45) is -3.81. The maximum atomic E-state index is 12.8. The van der Waals surface area contributed by atoms with E-state index in [1.54, 1.807) is 6.07 Å². The zero-order valence-electron chi connectivity index (χ0n) is 14.9. The summed E-state index contributed by atoms with van der Waals surface area (Å²) in [5.41, 5.74) is 1.02. The Morgan fingerprint density at radius 3 is 2.44 bits per heavy atom. The summed E-state index contributed by atoms with van der Waals surface area (Å²) >= 11 is 6.35. The third kappa shape index (κ3) is 4.82. The van der Waals surface area contributed by atoms with Crippen LogP contribution in [0.4, 0.5) is 13.2 Å². The summed E-state index contributed by atoms with van der Waals surface area (Å²) in [5, 5.41) is 5.34. The third-order valence-electron chi connectivity index (χ3n) is 4.71. The van der Waals surface area contributed by atoms with E-state index in [0.29, 0.717) is 18.5 Å². The van der Waals surface area contributed by atoms with Gasteiger partial charge in [-0.25, -0.2) is 0 Å². The van der Waals surface area contributed by atoms with Gasteiger partial charge in [0.25, 0.3) is 0 Å². The Morgan fingerprint density at radius 2 is 1.67 bits per heavy atom. The van der Waals surface area contributed by atoms with Crippen molar-refractivity contribution in [2.75, 3.05) is 6.54 Å². The summed E-state index contributed by atoms with van der Waals surface area (Å²) in [5.74, 6) is 0. The highest BCUT2D eigenvalue weighted by atomic mass is 35.5. The molecule has 0 aliphatic rings. The Labute approximate surface area is 162 Å². The second-order valence-corrected chi connectivity index (χ2v) is 7.15. The van der Waals surface area contributed by atoms with Gasteiger partial charge >= 0.3 is 6.18 Å². The quantitative estimate of drug-likeness (QED) is 0.451. The van der Waals surface area contributed by atoms with E-state index in [0.717, 1.165) is 12.1 Å². The number of nitrogens with one attached hydrogen (secondary N) is 1. The van der Waals surface area contributed by atoms with Gasteiger partial charge in [-0.2, -0.15) is 13.2 Å². The lowest BCUT2D eigenvalue weighted by Crippen LogP contribution is -2.21. The van der Waals surface area contributed by atoms with Crippen LogP contribution in [-0.4, -0.2) is 6.54 Å². The van der Waals surface area contributed by atoms with Gasteiger partial charge in [0.05, 0.1) is 10.9 Å². The van der Waals surface area contributed by atoms with Crippen LogP contribution in [-0.2, 0) is 6.18 Å². The standard InChI is InChI=1S/C22H21ClF3N/c1-15(19-11-5-7-16-6-2-3-10-20(16)19)27-13-12-21(23)17-8-4-9-18(14-17)22(24,25)26/h2-11,14-15,21,27H,12-13H2,1H3/t15-,21?/m1/s1. The number of benzene rings is 3. The molecular formula is C22H21ClF3N. The van der Waals surface area contributed by atoms with Gasteiger partial charge in [-0.05, 0) is 47.9 Å². The second kappa shape index (κ2) is 8.32. The van der Waals surface area contributed by atoms with E-state index in [1.807, 2.05) is 18.2 Å². The van der Waals surface area contributed by atoms with E-state index < -0.39 is 17.1 Å². The van der Waals surface area contributed by atoms with Crippen LogP contribution in [0.5, 0.6) is 0 Å². The molecule has 1 nitrogen and oxygen atoms in total. The topological polar surface area (TPSA) is 12.0 Å². The average Bonchev–Trinajstić information content (AvgIpc) is 2.66. The smallest absolute Gasteiger partial charge is 0.310 e. The lowest BCUT2D eigenvalue weighted by atomic mass is 9.99. The summed E-state index contributed by atoms with van der Waals surface area (Å²) in [4.78, 5) is 0. The fraction of sp³-hybridized carbons (Fsp3) is 0.273. The van der Waals surface area contributed by atoms with Crippen LogP contribution >= 0.6 is 11.6 Å². The fourth-order valence-electron chi connectivity index (χ4n) is 3.24. The molecule has 0 bridgehead atoms. The number of fused-ring (bicyclic) bond motifs is 1. The number of hydrogen-bond donors (Lipinski definition) is 1. The minimum atomic E-state index is -4.35. The van der Waals surface area contributed by atoms with Crippen molar-refractivity contribution in [1.29, 1.82) is 0 Å². The summed E-state index contributed by atoms with van der Waals surface area (Å²) in [6.45, 7) is 2.68. The van der Waals surface area contributed by atoms with Crippen LogP contribution in [0.25, 0.3) is 10.8 Å². The SMILES string of the molecule is C[C@@H](NCCC(Cl)c1cccc(C(F)(F)F)c1)c1cccc2ccccc12. The Hall–Kier alpha value is -2.04. The molecule has 0 aliphatic heterocycles. The molecule has 2 atom stereocenters. The number of halogens is 4. The Kier molecular flexibility index (Phi) is 6.08. The molecule has 0 saturated carbocycles. The van der Waals surface area contributed by atoms with Gasteiger partial charge in [-0.3, -0.25) is 0 Å². The van der Waals surface area contributed by atoms with E-state index in [4.69, 9.17) is 11.6 Å². The van der Waals surface area contributed by atoms with Gasteiger partial charge < -0.3 is 5.32 Å².